The summed E-state index contributed by atoms with van der Waals surface area (Å²) >= 11 is 4.09. The third-order valence-corrected chi connectivity index (χ3v) is 2.32. The summed E-state index contributed by atoms with van der Waals surface area (Å²) in [7, 11) is 0. The van der Waals surface area contributed by atoms with Crippen molar-refractivity contribution in [2.45, 2.75) is 57.8 Å². The summed E-state index contributed by atoms with van der Waals surface area (Å²) in [5, 5.41) is 0. The van der Waals surface area contributed by atoms with Crippen LogP contribution in [0.3, 0.4) is 0 Å². The van der Waals surface area contributed by atoms with Gasteiger partial charge in [0, 0.05) is 6.42 Å². The highest BCUT2D eigenvalue weighted by atomic mass is 32.1. The fourth-order valence-corrected chi connectivity index (χ4v) is 1.11. The molecule has 1 atom stereocenters. The van der Waals surface area contributed by atoms with Gasteiger partial charge in [-0.2, -0.15) is 0 Å². The van der Waals surface area contributed by atoms with Crippen LogP contribution in [0.5, 0.6) is 0 Å². The summed E-state index contributed by atoms with van der Waals surface area (Å²) in [5.74, 6) is -0.113. The van der Waals surface area contributed by atoms with Crippen LogP contribution in [-0.2, 0) is 9.53 Å². The average Bonchev–Trinajstić information content (AvgIpc) is 2.12. The maximum absolute atomic E-state index is 11.1. The first-order valence-electron chi connectivity index (χ1n) is 5.08. The molecule has 0 aliphatic rings. The zero-order valence-corrected chi connectivity index (χ0v) is 9.48. The van der Waals surface area contributed by atoms with Crippen LogP contribution in [0.4, 0.5) is 0 Å². The van der Waals surface area contributed by atoms with Crippen molar-refractivity contribution in [2.24, 2.45) is 0 Å². The molecule has 0 heterocycles. The lowest BCUT2D eigenvalue weighted by molar-refractivity contribution is -0.145. The number of esters is 1. The van der Waals surface area contributed by atoms with Crippen molar-refractivity contribution < 1.29 is 9.53 Å². The molecule has 0 aromatic heterocycles. The molecule has 1 unspecified atom stereocenters. The van der Waals surface area contributed by atoms with E-state index < -0.39 is 0 Å². The second kappa shape index (κ2) is 8.42. The quantitative estimate of drug-likeness (QED) is 0.298. The van der Waals surface area contributed by atoms with E-state index in [2.05, 4.69) is 19.6 Å². The highest BCUT2D eigenvalue weighted by Gasteiger charge is 2.06. The van der Waals surface area contributed by atoms with Crippen LogP contribution in [-0.4, -0.2) is 11.4 Å². The van der Waals surface area contributed by atoms with Gasteiger partial charge in [-0.3, -0.25) is 4.79 Å². The number of ether oxygens (including phenoxy) is 1. The maximum atomic E-state index is 11.1. The SMILES string of the molecule is CCCCCCC(=O)OC(S)CC. The second-order valence-corrected chi connectivity index (χ2v) is 3.74. The van der Waals surface area contributed by atoms with E-state index >= 15 is 0 Å². The standard InChI is InChI=1S/C10H20O2S/c1-3-5-6-7-8-9(11)12-10(13)4-2/h10,13H,3-8H2,1-2H3. The predicted molar refractivity (Wildman–Crippen MR) is 57.9 cm³/mol. The molecule has 78 valence electrons. The number of carbonyl (C=O) groups is 1. The van der Waals surface area contributed by atoms with Gasteiger partial charge in [-0.15, -0.1) is 12.6 Å². The van der Waals surface area contributed by atoms with E-state index in [-0.39, 0.29) is 11.4 Å². The van der Waals surface area contributed by atoms with E-state index in [4.69, 9.17) is 4.74 Å². The smallest absolute Gasteiger partial charge is 0.306 e. The van der Waals surface area contributed by atoms with Gasteiger partial charge in [0.05, 0.1) is 0 Å². The van der Waals surface area contributed by atoms with Crippen LogP contribution in [0.2, 0.25) is 0 Å². The zero-order chi connectivity index (χ0) is 10.1. The van der Waals surface area contributed by atoms with Crippen molar-refractivity contribution in [2.75, 3.05) is 0 Å². The first kappa shape index (κ1) is 12.8. The molecule has 0 aliphatic heterocycles. The predicted octanol–water partition coefficient (Wildman–Crippen LogP) is 3.17. The summed E-state index contributed by atoms with van der Waals surface area (Å²) in [6, 6.07) is 0. The minimum absolute atomic E-state index is 0.113. The molecule has 0 aromatic rings. The Kier molecular flexibility index (Phi) is 8.30. The third kappa shape index (κ3) is 8.16. The largest absolute Gasteiger partial charge is 0.452 e. The Hall–Kier alpha value is -0.180. The molecule has 13 heavy (non-hydrogen) atoms. The van der Waals surface area contributed by atoms with E-state index in [1.54, 1.807) is 0 Å². The molecule has 0 spiro atoms. The molecule has 0 N–H and O–H groups in total. The topological polar surface area (TPSA) is 26.3 Å². The average molecular weight is 204 g/mol. The van der Waals surface area contributed by atoms with Crippen molar-refractivity contribution in [3.63, 3.8) is 0 Å². The molecular formula is C10H20O2S. The highest BCUT2D eigenvalue weighted by molar-refractivity contribution is 7.80. The number of carbonyl (C=O) groups excluding carboxylic acids is 1. The van der Waals surface area contributed by atoms with Gasteiger partial charge in [0.15, 0.2) is 0 Å². The van der Waals surface area contributed by atoms with Crippen molar-refractivity contribution in [1.29, 1.82) is 0 Å². The molecule has 0 fully saturated rings. The van der Waals surface area contributed by atoms with Gasteiger partial charge < -0.3 is 4.74 Å². The minimum atomic E-state index is -0.223. The van der Waals surface area contributed by atoms with Gasteiger partial charge in [-0.1, -0.05) is 33.1 Å². The van der Waals surface area contributed by atoms with Crippen LogP contribution in [0.25, 0.3) is 0 Å². The number of hydrogen-bond acceptors (Lipinski definition) is 3. The first-order chi connectivity index (χ1) is 6.20. The fraction of sp³-hybridized carbons (Fsp3) is 0.900. The zero-order valence-electron chi connectivity index (χ0n) is 8.58. The number of unbranched alkanes of at least 4 members (excludes halogenated alkanes) is 3. The van der Waals surface area contributed by atoms with Crippen LogP contribution in [0.1, 0.15) is 52.4 Å². The van der Waals surface area contributed by atoms with Crippen LogP contribution in [0, 0.1) is 0 Å². The monoisotopic (exact) mass is 204 g/mol. The number of hydrogen-bond donors (Lipinski definition) is 1. The Bertz CT molecular complexity index is 137. The van der Waals surface area contributed by atoms with Gasteiger partial charge in [0.2, 0.25) is 0 Å². The van der Waals surface area contributed by atoms with Gasteiger partial charge in [-0.25, -0.2) is 0 Å². The second-order valence-electron chi connectivity index (χ2n) is 3.16. The molecule has 0 aliphatic carbocycles. The van der Waals surface area contributed by atoms with E-state index in [0.29, 0.717) is 6.42 Å². The Labute approximate surface area is 86.5 Å². The Balaban J connectivity index is 3.30. The molecular weight excluding hydrogens is 184 g/mol. The lowest BCUT2D eigenvalue weighted by Gasteiger charge is -2.09. The van der Waals surface area contributed by atoms with E-state index in [9.17, 15) is 4.79 Å². The summed E-state index contributed by atoms with van der Waals surface area (Å²) in [4.78, 5) is 11.1. The normalized spacial score (nSPS) is 12.5. The summed E-state index contributed by atoms with van der Waals surface area (Å²) in [5.41, 5.74) is -0.223. The third-order valence-electron chi connectivity index (χ3n) is 1.85. The van der Waals surface area contributed by atoms with Crippen LogP contribution in [0.15, 0.2) is 0 Å². The molecule has 0 saturated heterocycles. The lowest BCUT2D eigenvalue weighted by Crippen LogP contribution is -2.11. The lowest BCUT2D eigenvalue weighted by atomic mass is 10.2. The number of thiol groups is 1. The summed E-state index contributed by atoms with van der Waals surface area (Å²) in [6.07, 6.45) is 5.76. The van der Waals surface area contributed by atoms with Gasteiger partial charge >= 0.3 is 5.97 Å². The molecule has 0 aromatic carbocycles. The van der Waals surface area contributed by atoms with Crippen molar-refractivity contribution in [3.8, 4) is 0 Å². The van der Waals surface area contributed by atoms with Gasteiger partial charge in [0.1, 0.15) is 5.44 Å². The minimum Gasteiger partial charge on any atom is -0.452 e. The molecule has 0 rings (SSSR count). The van der Waals surface area contributed by atoms with Gasteiger partial charge in [-0.05, 0) is 12.8 Å². The number of rotatable bonds is 7. The highest BCUT2D eigenvalue weighted by Crippen LogP contribution is 2.07. The fourth-order valence-electron chi connectivity index (χ4n) is 0.990. The molecule has 0 amide bonds. The molecule has 3 heteroatoms. The Morgan fingerprint density at radius 3 is 2.54 bits per heavy atom. The Morgan fingerprint density at radius 1 is 1.31 bits per heavy atom. The van der Waals surface area contributed by atoms with Crippen molar-refractivity contribution in [3.05, 3.63) is 0 Å². The summed E-state index contributed by atoms with van der Waals surface area (Å²) in [6.45, 7) is 4.10. The maximum Gasteiger partial charge on any atom is 0.306 e. The summed E-state index contributed by atoms with van der Waals surface area (Å²) < 4.78 is 5.00. The Morgan fingerprint density at radius 2 is 2.00 bits per heavy atom. The van der Waals surface area contributed by atoms with E-state index in [1.807, 2.05) is 6.92 Å². The molecule has 0 radical (unpaired) electrons. The van der Waals surface area contributed by atoms with Crippen molar-refractivity contribution in [1.82, 2.24) is 0 Å². The van der Waals surface area contributed by atoms with Crippen molar-refractivity contribution >= 4 is 18.6 Å². The van der Waals surface area contributed by atoms with Crippen LogP contribution < -0.4 is 0 Å². The molecule has 0 bridgehead atoms. The molecule has 2 nitrogen and oxygen atoms in total. The van der Waals surface area contributed by atoms with Gasteiger partial charge in [0.25, 0.3) is 0 Å². The molecule has 0 saturated carbocycles. The van der Waals surface area contributed by atoms with E-state index in [0.717, 1.165) is 19.3 Å². The van der Waals surface area contributed by atoms with E-state index in [1.165, 1.54) is 12.8 Å². The first-order valence-corrected chi connectivity index (χ1v) is 5.59. The van der Waals surface area contributed by atoms with Crippen LogP contribution >= 0.6 is 12.6 Å².